The summed E-state index contributed by atoms with van der Waals surface area (Å²) in [5, 5.41) is 15.0. The summed E-state index contributed by atoms with van der Waals surface area (Å²) in [6, 6.07) is 9.20. The van der Waals surface area contributed by atoms with Gasteiger partial charge in [-0.2, -0.15) is 10.2 Å². The van der Waals surface area contributed by atoms with Gasteiger partial charge in [-0.25, -0.2) is 13.9 Å². The molecule has 0 radical (unpaired) electrons. The highest BCUT2D eigenvalue weighted by Gasteiger charge is 2.45. The zero-order valence-corrected chi connectivity index (χ0v) is 32.3. The second-order valence-corrected chi connectivity index (χ2v) is 16.4. The molecule has 5 aliphatic rings. The molecule has 2 N–H and O–H groups in total. The van der Waals surface area contributed by atoms with Gasteiger partial charge in [0, 0.05) is 74.9 Å². The first kappa shape index (κ1) is 37.1. The Labute approximate surface area is 337 Å². The van der Waals surface area contributed by atoms with E-state index < -0.39 is 41.9 Å². The Morgan fingerprint density at radius 3 is 2.58 bits per heavy atom. The molecular weight excluding hydrogens is 760 g/mol. The second kappa shape index (κ2) is 14.9. The summed E-state index contributed by atoms with van der Waals surface area (Å²) in [6.07, 6.45) is 10.4. The van der Waals surface area contributed by atoms with Gasteiger partial charge in [0.1, 0.15) is 23.5 Å². The summed E-state index contributed by atoms with van der Waals surface area (Å²) in [4.78, 5) is 73.7. The number of amides is 5. The number of hydrogen-bond acceptors (Lipinski definition) is 11. The van der Waals surface area contributed by atoms with Gasteiger partial charge in [0.05, 0.1) is 41.2 Å². The molecule has 1 unspecified atom stereocenters. The van der Waals surface area contributed by atoms with E-state index in [1.807, 2.05) is 24.4 Å². The Balaban J connectivity index is 0.762. The molecule has 3 saturated heterocycles. The van der Waals surface area contributed by atoms with Crippen molar-refractivity contribution in [3.8, 4) is 5.75 Å². The van der Waals surface area contributed by atoms with Gasteiger partial charge in [-0.15, -0.1) is 0 Å². The number of benzene rings is 2. The summed E-state index contributed by atoms with van der Waals surface area (Å²) in [5.74, 6) is -1.04. The minimum absolute atomic E-state index is 0.0719. The molecule has 59 heavy (non-hydrogen) atoms. The van der Waals surface area contributed by atoms with Gasteiger partial charge < -0.3 is 19.9 Å². The highest BCUT2D eigenvalue weighted by Crippen LogP contribution is 2.37. The Kier molecular flexibility index (Phi) is 9.33. The molecule has 5 amide bonds. The van der Waals surface area contributed by atoms with E-state index in [2.05, 4.69) is 30.5 Å². The number of nitrogens with zero attached hydrogens (tertiary/aromatic N) is 8. The number of hydrogen-bond donors (Lipinski definition) is 2. The largest absolute Gasteiger partial charge is 0.491 e. The van der Waals surface area contributed by atoms with Crippen LogP contribution < -0.4 is 20.3 Å². The van der Waals surface area contributed by atoms with E-state index in [4.69, 9.17) is 9.84 Å². The molecule has 4 aliphatic heterocycles. The van der Waals surface area contributed by atoms with E-state index >= 15 is 4.39 Å². The number of nitrogens with one attached hydrogen (secondary N) is 2. The normalized spacial score (nSPS) is 23.0. The fourth-order valence-electron chi connectivity index (χ4n) is 8.94. The lowest BCUT2D eigenvalue weighted by atomic mass is 9.94. The maximum Gasteiger partial charge on any atom is 0.262 e. The summed E-state index contributed by atoms with van der Waals surface area (Å²) >= 11 is 0. The first-order valence-electron chi connectivity index (χ1n) is 20.4. The van der Waals surface area contributed by atoms with Crippen molar-refractivity contribution in [2.75, 3.05) is 49.5 Å². The van der Waals surface area contributed by atoms with Crippen LogP contribution in [0.2, 0.25) is 0 Å². The van der Waals surface area contributed by atoms with Gasteiger partial charge in [-0.3, -0.25) is 38.9 Å². The van der Waals surface area contributed by atoms with Gasteiger partial charge in [0.25, 0.3) is 17.7 Å². The second-order valence-electron chi connectivity index (χ2n) is 16.4. The van der Waals surface area contributed by atoms with Crippen molar-refractivity contribution in [1.82, 2.24) is 39.5 Å². The number of piperidine rings is 3. The van der Waals surface area contributed by atoms with Gasteiger partial charge in [0.2, 0.25) is 11.8 Å². The fourth-order valence-corrected chi connectivity index (χ4v) is 8.94. The number of ether oxygens (including phenoxy) is 1. The van der Waals surface area contributed by atoms with Gasteiger partial charge in [-0.1, -0.05) is 0 Å². The molecule has 3 aromatic heterocycles. The standard InChI is InChI=1S/C42H43FN10O6/c43-31-22-49(20-24-8-14-50(15-9-24)27-4-5-28-29(17-27)42(58)53(41(28)57)35-6-7-37(54)47-40(35)56)13-10-34(31)52-21-26-16-33(36(18-32(26)48-52)59-23-25-2-3-25)46-39(55)30-19-45-51-12-1-11-44-38(30)51/h1,4-5,11-12,16-19,21,24-25,31,34-35H,2-3,6-10,13-15,20,22-23H2,(H,46,55)(H,47,54,56)/t31-,34-,35?/m0/s1. The third-order valence-corrected chi connectivity index (χ3v) is 12.4. The molecule has 3 atom stereocenters. The molecule has 17 heteroatoms. The summed E-state index contributed by atoms with van der Waals surface area (Å²) in [6.45, 7) is 3.87. The molecule has 5 aromatic rings. The lowest BCUT2D eigenvalue weighted by molar-refractivity contribution is -0.136. The summed E-state index contributed by atoms with van der Waals surface area (Å²) in [5.41, 5.74) is 3.33. The molecule has 7 heterocycles. The van der Waals surface area contributed by atoms with Crippen molar-refractivity contribution >= 4 is 57.5 Å². The number of halogens is 1. The molecule has 4 fully saturated rings. The maximum absolute atomic E-state index is 16.0. The highest BCUT2D eigenvalue weighted by molar-refractivity contribution is 6.23. The number of imide groups is 2. The van der Waals surface area contributed by atoms with Crippen LogP contribution >= 0.6 is 0 Å². The lowest BCUT2D eigenvalue weighted by Gasteiger charge is -2.39. The van der Waals surface area contributed by atoms with Gasteiger partial charge in [0.15, 0.2) is 5.65 Å². The van der Waals surface area contributed by atoms with Crippen LogP contribution in [0, 0.1) is 11.8 Å². The monoisotopic (exact) mass is 802 g/mol. The Bertz CT molecular complexity index is 2530. The van der Waals surface area contributed by atoms with Crippen molar-refractivity contribution < 1.29 is 33.1 Å². The number of anilines is 2. The van der Waals surface area contributed by atoms with Crippen molar-refractivity contribution in [1.29, 1.82) is 0 Å². The Morgan fingerprint density at radius 1 is 0.949 bits per heavy atom. The number of carbonyl (C=O) groups is 5. The van der Waals surface area contributed by atoms with Crippen LogP contribution in [0.15, 0.2) is 61.2 Å². The number of rotatable bonds is 10. The van der Waals surface area contributed by atoms with Crippen LogP contribution in [0.3, 0.4) is 0 Å². The Hall–Kier alpha value is -6.23. The molecule has 2 aromatic carbocycles. The number of aromatic nitrogens is 5. The van der Waals surface area contributed by atoms with Crippen molar-refractivity contribution in [3.63, 3.8) is 0 Å². The maximum atomic E-state index is 16.0. The topological polar surface area (TPSA) is 176 Å². The molecule has 1 aliphatic carbocycles. The van der Waals surface area contributed by atoms with E-state index in [0.29, 0.717) is 59.6 Å². The Morgan fingerprint density at radius 2 is 1.78 bits per heavy atom. The van der Waals surface area contributed by atoms with Crippen LogP contribution in [-0.4, -0.2) is 115 Å². The molecule has 1 saturated carbocycles. The number of alkyl halides is 1. The van der Waals surface area contributed by atoms with Crippen LogP contribution in [-0.2, 0) is 9.59 Å². The first-order valence-corrected chi connectivity index (χ1v) is 20.4. The van der Waals surface area contributed by atoms with Crippen molar-refractivity contribution in [3.05, 3.63) is 77.9 Å². The zero-order chi connectivity index (χ0) is 40.4. The number of likely N-dealkylation sites (tertiary alicyclic amines) is 1. The molecule has 16 nitrogen and oxygen atoms in total. The van der Waals surface area contributed by atoms with Crippen LogP contribution in [0.5, 0.6) is 5.75 Å². The SMILES string of the molecule is O=C1CCC(N2C(=O)c3ccc(N4CCC(CN5CC[C@H](n6cc7cc(NC(=O)c8cnn9cccnc89)c(OCC8CC8)cc7n6)[C@@H](F)C5)CC4)cc3C2=O)C(=O)N1. The average molecular weight is 803 g/mol. The first-order chi connectivity index (χ1) is 28.7. The third-order valence-electron chi connectivity index (χ3n) is 12.4. The predicted molar refractivity (Wildman–Crippen MR) is 212 cm³/mol. The van der Waals surface area contributed by atoms with Crippen LogP contribution in [0.25, 0.3) is 16.6 Å². The van der Waals surface area contributed by atoms with Crippen molar-refractivity contribution in [2.24, 2.45) is 11.8 Å². The zero-order valence-electron chi connectivity index (χ0n) is 32.3. The van der Waals surface area contributed by atoms with Crippen LogP contribution in [0.4, 0.5) is 15.8 Å². The van der Waals surface area contributed by atoms with E-state index in [1.165, 1.54) is 6.20 Å². The van der Waals surface area contributed by atoms with Gasteiger partial charge in [-0.05, 0) is 80.7 Å². The summed E-state index contributed by atoms with van der Waals surface area (Å²) < 4.78 is 25.5. The van der Waals surface area contributed by atoms with E-state index in [1.54, 1.807) is 39.8 Å². The quantitative estimate of drug-likeness (QED) is 0.195. The molecule has 0 spiro atoms. The molecule has 0 bridgehead atoms. The minimum atomic E-state index is -1.13. The molecule has 304 valence electrons. The van der Waals surface area contributed by atoms with E-state index in [9.17, 15) is 24.0 Å². The van der Waals surface area contributed by atoms with Crippen LogP contribution in [0.1, 0.15) is 82.1 Å². The minimum Gasteiger partial charge on any atom is -0.491 e. The lowest BCUT2D eigenvalue weighted by Crippen LogP contribution is -2.54. The number of carbonyl (C=O) groups excluding carboxylic acids is 5. The number of fused-ring (bicyclic) bond motifs is 3. The van der Waals surface area contributed by atoms with E-state index in [0.717, 1.165) is 67.8 Å². The molecule has 10 rings (SSSR count). The van der Waals surface area contributed by atoms with E-state index in [-0.39, 0.29) is 29.9 Å². The fraction of sp³-hybridized carbons (Fsp3) is 0.429. The highest BCUT2D eigenvalue weighted by atomic mass is 19.1. The predicted octanol–water partition coefficient (Wildman–Crippen LogP) is 4.02. The summed E-state index contributed by atoms with van der Waals surface area (Å²) in [7, 11) is 0. The average Bonchev–Trinajstić information content (AvgIpc) is 3.73. The smallest absolute Gasteiger partial charge is 0.262 e. The van der Waals surface area contributed by atoms with Crippen molar-refractivity contribution in [2.45, 2.75) is 63.2 Å². The molecular formula is C42H43FN10O6. The van der Waals surface area contributed by atoms with Gasteiger partial charge >= 0.3 is 0 Å². The third kappa shape index (κ3) is 7.06.